The SMILES string of the molecule is c1ccc(C[C@@H]2CNCCc3ccccc32)cc1. The van der Waals surface area contributed by atoms with Crippen LogP contribution in [0.5, 0.6) is 0 Å². The van der Waals surface area contributed by atoms with Crippen molar-refractivity contribution in [2.24, 2.45) is 0 Å². The number of rotatable bonds is 2. The van der Waals surface area contributed by atoms with Crippen molar-refractivity contribution in [3.63, 3.8) is 0 Å². The number of fused-ring (bicyclic) bond motifs is 1. The third-order valence-electron chi connectivity index (χ3n) is 3.78. The van der Waals surface area contributed by atoms with E-state index in [1.54, 1.807) is 0 Å². The minimum absolute atomic E-state index is 0.603. The molecular weight excluding hydrogens is 218 g/mol. The summed E-state index contributed by atoms with van der Waals surface area (Å²) in [4.78, 5) is 0. The zero-order chi connectivity index (χ0) is 12.2. The number of hydrogen-bond donors (Lipinski definition) is 1. The average Bonchev–Trinajstić information content (AvgIpc) is 2.63. The van der Waals surface area contributed by atoms with E-state index in [1.807, 2.05) is 0 Å². The minimum Gasteiger partial charge on any atom is -0.316 e. The fourth-order valence-corrected chi connectivity index (χ4v) is 2.85. The van der Waals surface area contributed by atoms with Gasteiger partial charge in [-0.25, -0.2) is 0 Å². The molecule has 0 radical (unpaired) electrons. The second-order valence-corrected chi connectivity index (χ2v) is 5.04. The van der Waals surface area contributed by atoms with Gasteiger partial charge in [0.1, 0.15) is 0 Å². The molecule has 0 aliphatic carbocycles. The van der Waals surface area contributed by atoms with Crippen molar-refractivity contribution >= 4 is 0 Å². The van der Waals surface area contributed by atoms with Gasteiger partial charge in [-0.2, -0.15) is 0 Å². The highest BCUT2D eigenvalue weighted by Gasteiger charge is 2.18. The van der Waals surface area contributed by atoms with Crippen LogP contribution in [0.4, 0.5) is 0 Å². The Hall–Kier alpha value is -1.60. The van der Waals surface area contributed by atoms with Crippen LogP contribution in [0, 0.1) is 0 Å². The lowest BCUT2D eigenvalue weighted by Gasteiger charge is -2.17. The Labute approximate surface area is 109 Å². The summed E-state index contributed by atoms with van der Waals surface area (Å²) in [6.45, 7) is 2.19. The van der Waals surface area contributed by atoms with Gasteiger partial charge in [0.15, 0.2) is 0 Å². The first-order valence-corrected chi connectivity index (χ1v) is 6.76. The normalized spacial score (nSPS) is 19.0. The molecule has 0 bridgehead atoms. The number of benzene rings is 2. The van der Waals surface area contributed by atoms with Gasteiger partial charge in [-0.05, 0) is 36.1 Å². The Morgan fingerprint density at radius 1 is 0.944 bits per heavy atom. The molecule has 0 aromatic heterocycles. The summed E-state index contributed by atoms with van der Waals surface area (Å²) in [7, 11) is 0. The Balaban J connectivity index is 1.88. The molecule has 2 aromatic rings. The molecule has 1 nitrogen and oxygen atoms in total. The highest BCUT2D eigenvalue weighted by atomic mass is 14.9. The maximum atomic E-state index is 3.56. The van der Waals surface area contributed by atoms with Crippen LogP contribution in [0.25, 0.3) is 0 Å². The van der Waals surface area contributed by atoms with E-state index in [9.17, 15) is 0 Å². The van der Waals surface area contributed by atoms with Crippen molar-refractivity contribution in [1.29, 1.82) is 0 Å². The highest BCUT2D eigenvalue weighted by Crippen LogP contribution is 2.25. The number of hydrogen-bond acceptors (Lipinski definition) is 1. The summed E-state index contributed by atoms with van der Waals surface area (Å²) in [5.41, 5.74) is 4.48. The predicted molar refractivity (Wildman–Crippen MR) is 75.9 cm³/mol. The van der Waals surface area contributed by atoms with Crippen LogP contribution < -0.4 is 5.32 Å². The molecule has 1 heteroatoms. The Morgan fingerprint density at radius 3 is 2.61 bits per heavy atom. The zero-order valence-electron chi connectivity index (χ0n) is 10.6. The summed E-state index contributed by atoms with van der Waals surface area (Å²) < 4.78 is 0. The third kappa shape index (κ3) is 2.46. The summed E-state index contributed by atoms with van der Waals surface area (Å²) in [6.07, 6.45) is 2.28. The van der Waals surface area contributed by atoms with Crippen LogP contribution in [0.2, 0.25) is 0 Å². The van der Waals surface area contributed by atoms with E-state index >= 15 is 0 Å². The van der Waals surface area contributed by atoms with Gasteiger partial charge >= 0.3 is 0 Å². The van der Waals surface area contributed by atoms with Gasteiger partial charge in [-0.3, -0.25) is 0 Å². The predicted octanol–water partition coefficient (Wildman–Crippen LogP) is 3.16. The molecule has 0 spiro atoms. The molecule has 92 valence electrons. The minimum atomic E-state index is 0.603. The smallest absolute Gasteiger partial charge is 0.00235 e. The van der Waals surface area contributed by atoms with Crippen molar-refractivity contribution in [2.45, 2.75) is 18.8 Å². The topological polar surface area (TPSA) is 12.0 Å². The molecule has 3 rings (SSSR count). The maximum absolute atomic E-state index is 3.56. The fourth-order valence-electron chi connectivity index (χ4n) is 2.85. The molecular formula is C17H19N. The van der Waals surface area contributed by atoms with Crippen LogP contribution in [-0.4, -0.2) is 13.1 Å². The molecule has 0 amide bonds. The van der Waals surface area contributed by atoms with Gasteiger partial charge in [0.2, 0.25) is 0 Å². The van der Waals surface area contributed by atoms with Crippen LogP contribution in [0.15, 0.2) is 54.6 Å². The molecule has 0 fully saturated rings. The monoisotopic (exact) mass is 237 g/mol. The van der Waals surface area contributed by atoms with Gasteiger partial charge in [0, 0.05) is 12.5 Å². The molecule has 0 saturated carbocycles. The van der Waals surface area contributed by atoms with Gasteiger partial charge in [-0.15, -0.1) is 0 Å². The van der Waals surface area contributed by atoms with E-state index in [2.05, 4.69) is 59.9 Å². The summed E-state index contributed by atoms with van der Waals surface area (Å²) >= 11 is 0. The van der Waals surface area contributed by atoms with Crippen molar-refractivity contribution in [1.82, 2.24) is 5.32 Å². The van der Waals surface area contributed by atoms with Gasteiger partial charge in [0.25, 0.3) is 0 Å². The van der Waals surface area contributed by atoms with E-state index in [4.69, 9.17) is 0 Å². The van der Waals surface area contributed by atoms with Crippen molar-refractivity contribution in [2.75, 3.05) is 13.1 Å². The van der Waals surface area contributed by atoms with Crippen LogP contribution in [-0.2, 0) is 12.8 Å². The van der Waals surface area contributed by atoms with E-state index in [1.165, 1.54) is 16.7 Å². The second-order valence-electron chi connectivity index (χ2n) is 5.04. The first kappa shape index (κ1) is 11.5. The van der Waals surface area contributed by atoms with E-state index < -0.39 is 0 Å². The number of nitrogens with one attached hydrogen (secondary N) is 1. The molecule has 18 heavy (non-hydrogen) atoms. The lowest BCUT2D eigenvalue weighted by molar-refractivity contribution is 0.606. The molecule has 0 saturated heterocycles. The summed E-state index contributed by atoms with van der Waals surface area (Å²) in [6, 6.07) is 19.7. The largest absolute Gasteiger partial charge is 0.316 e. The van der Waals surface area contributed by atoms with Crippen molar-refractivity contribution in [3.05, 3.63) is 71.3 Å². The van der Waals surface area contributed by atoms with Crippen molar-refractivity contribution in [3.8, 4) is 0 Å². The fraction of sp³-hybridized carbons (Fsp3) is 0.294. The standard InChI is InChI=1S/C17H19N/c1-2-6-14(7-3-1)12-16-13-18-11-10-15-8-4-5-9-17(15)16/h1-9,16,18H,10-13H2/t16-/m1/s1. The third-order valence-corrected chi connectivity index (χ3v) is 3.78. The Bertz CT molecular complexity index is 504. The van der Waals surface area contributed by atoms with Crippen LogP contribution in [0.3, 0.4) is 0 Å². The van der Waals surface area contributed by atoms with Crippen LogP contribution >= 0.6 is 0 Å². The quantitative estimate of drug-likeness (QED) is 0.846. The lowest BCUT2D eigenvalue weighted by Crippen LogP contribution is -2.21. The van der Waals surface area contributed by atoms with E-state index in [0.29, 0.717) is 5.92 Å². The van der Waals surface area contributed by atoms with Crippen molar-refractivity contribution < 1.29 is 0 Å². The molecule has 1 N–H and O–H groups in total. The Kier molecular flexibility index (Phi) is 3.42. The molecule has 1 aliphatic heterocycles. The first-order chi connectivity index (χ1) is 8.93. The first-order valence-electron chi connectivity index (χ1n) is 6.76. The highest BCUT2D eigenvalue weighted by molar-refractivity contribution is 5.33. The summed E-state index contributed by atoms with van der Waals surface area (Å²) in [5, 5.41) is 3.56. The van der Waals surface area contributed by atoms with Crippen LogP contribution in [0.1, 0.15) is 22.6 Å². The molecule has 1 heterocycles. The van der Waals surface area contributed by atoms with Gasteiger partial charge < -0.3 is 5.32 Å². The van der Waals surface area contributed by atoms with Gasteiger partial charge in [0.05, 0.1) is 0 Å². The molecule has 1 aliphatic rings. The Morgan fingerprint density at radius 2 is 1.72 bits per heavy atom. The average molecular weight is 237 g/mol. The van der Waals surface area contributed by atoms with E-state index in [-0.39, 0.29) is 0 Å². The van der Waals surface area contributed by atoms with Gasteiger partial charge in [-0.1, -0.05) is 54.6 Å². The molecule has 1 atom stereocenters. The lowest BCUT2D eigenvalue weighted by atomic mass is 9.89. The van der Waals surface area contributed by atoms with E-state index in [0.717, 1.165) is 25.9 Å². The molecule has 2 aromatic carbocycles. The molecule has 0 unspecified atom stereocenters. The second kappa shape index (κ2) is 5.36. The maximum Gasteiger partial charge on any atom is 0.00235 e. The summed E-state index contributed by atoms with van der Waals surface area (Å²) in [5.74, 6) is 0.603. The zero-order valence-corrected chi connectivity index (χ0v) is 10.6.